The highest BCUT2D eigenvalue weighted by Gasteiger charge is 2.03. The van der Waals surface area contributed by atoms with E-state index in [1.807, 2.05) is 0 Å². The van der Waals surface area contributed by atoms with E-state index in [9.17, 15) is 0 Å². The Morgan fingerprint density at radius 2 is 1.00 bits per heavy atom. The van der Waals surface area contributed by atoms with E-state index in [1.165, 1.54) is 0 Å². The zero-order chi connectivity index (χ0) is 11.4. The van der Waals surface area contributed by atoms with Crippen molar-refractivity contribution in [3.05, 3.63) is 35.9 Å². The van der Waals surface area contributed by atoms with Gasteiger partial charge in [-0.2, -0.15) is 0 Å². The second-order valence-corrected chi connectivity index (χ2v) is 2.88. The highest BCUT2D eigenvalue weighted by atomic mass is 15.0. The second-order valence-electron chi connectivity index (χ2n) is 2.88. The van der Waals surface area contributed by atoms with Crippen LogP contribution in [0.5, 0.6) is 0 Å². The molecule has 0 aliphatic carbocycles. The molecule has 2 heterocycles. The molecule has 0 bridgehead atoms. The molecule has 74 valence electrons. The Balaban J connectivity index is 2.36. The number of aromatic nitrogens is 4. The molecule has 0 saturated heterocycles. The van der Waals surface area contributed by atoms with Gasteiger partial charge in [0.25, 0.3) is 0 Å². The summed E-state index contributed by atoms with van der Waals surface area (Å²) in [7, 11) is 0. The van der Waals surface area contributed by atoms with E-state index in [-0.39, 0.29) is 0 Å². The van der Waals surface area contributed by atoms with Crippen molar-refractivity contribution in [3.8, 4) is 36.3 Å². The Morgan fingerprint density at radius 3 is 1.25 bits per heavy atom. The van der Waals surface area contributed by atoms with Crippen LogP contribution < -0.4 is 0 Å². The van der Waals surface area contributed by atoms with Crippen molar-refractivity contribution in [1.82, 2.24) is 19.9 Å². The molecule has 2 aromatic heterocycles. The minimum Gasteiger partial charge on any atom is -0.232 e. The van der Waals surface area contributed by atoms with Crippen molar-refractivity contribution in [2.75, 3.05) is 0 Å². The largest absolute Gasteiger partial charge is 0.232 e. The lowest BCUT2D eigenvalue weighted by Crippen LogP contribution is -1.95. The monoisotopic (exact) mass is 206 g/mol. The van der Waals surface area contributed by atoms with Gasteiger partial charge in [0.15, 0.2) is 11.6 Å². The zero-order valence-electron chi connectivity index (χ0n) is 8.25. The summed E-state index contributed by atoms with van der Waals surface area (Å²) in [6, 6.07) is 0. The highest BCUT2D eigenvalue weighted by Crippen LogP contribution is 2.07. The van der Waals surface area contributed by atoms with Crippen LogP contribution in [-0.4, -0.2) is 19.9 Å². The van der Waals surface area contributed by atoms with Crippen LogP contribution in [0.3, 0.4) is 0 Å². The maximum absolute atomic E-state index is 5.19. The van der Waals surface area contributed by atoms with Gasteiger partial charge in [-0.15, -0.1) is 12.8 Å². The number of nitrogens with zero attached hydrogens (tertiary/aromatic N) is 4. The van der Waals surface area contributed by atoms with Gasteiger partial charge < -0.3 is 0 Å². The normalized spacial score (nSPS) is 9.12. The van der Waals surface area contributed by atoms with Crippen molar-refractivity contribution in [2.24, 2.45) is 0 Å². The number of rotatable bonds is 1. The van der Waals surface area contributed by atoms with Gasteiger partial charge in [0.05, 0.1) is 11.1 Å². The van der Waals surface area contributed by atoms with Gasteiger partial charge in [-0.3, -0.25) is 0 Å². The first kappa shape index (κ1) is 9.82. The third kappa shape index (κ3) is 1.87. The van der Waals surface area contributed by atoms with Crippen molar-refractivity contribution in [3.63, 3.8) is 0 Å². The molecule has 0 saturated carbocycles. The molecule has 0 amide bonds. The fraction of sp³-hybridized carbons (Fsp3) is 0. The van der Waals surface area contributed by atoms with E-state index in [0.29, 0.717) is 22.8 Å². The molecule has 4 nitrogen and oxygen atoms in total. The molecule has 0 radical (unpaired) electrons. The minimum absolute atomic E-state index is 0.419. The van der Waals surface area contributed by atoms with E-state index in [4.69, 9.17) is 12.8 Å². The summed E-state index contributed by atoms with van der Waals surface area (Å²) in [4.78, 5) is 16.2. The maximum Gasteiger partial charge on any atom is 0.197 e. The first-order valence-electron chi connectivity index (χ1n) is 4.41. The second kappa shape index (κ2) is 4.20. The smallest absolute Gasteiger partial charge is 0.197 e. The Morgan fingerprint density at radius 1 is 0.688 bits per heavy atom. The number of hydrogen-bond donors (Lipinski definition) is 0. The van der Waals surface area contributed by atoms with Crippen LogP contribution in [0.25, 0.3) is 11.6 Å². The molecule has 16 heavy (non-hydrogen) atoms. The lowest BCUT2D eigenvalue weighted by Gasteiger charge is -1.97. The van der Waals surface area contributed by atoms with Crippen LogP contribution in [0.2, 0.25) is 0 Å². The fourth-order valence-electron chi connectivity index (χ4n) is 1.04. The Hall–Kier alpha value is -2.72. The predicted molar refractivity (Wildman–Crippen MR) is 58.9 cm³/mol. The summed E-state index contributed by atoms with van der Waals surface area (Å²) in [6.07, 6.45) is 16.6. The first-order chi connectivity index (χ1) is 7.83. The standard InChI is InChI=1S/C12H6N4/c1-3-9-5-13-11(14-6-9)12-15-7-10(4-2)8-16-12/h1-2,5-8H. The topological polar surface area (TPSA) is 51.6 Å². The summed E-state index contributed by atoms with van der Waals surface area (Å²) in [5.41, 5.74) is 1.23. The van der Waals surface area contributed by atoms with Gasteiger partial charge in [-0.25, -0.2) is 19.9 Å². The molecule has 0 atom stereocenters. The Bertz CT molecular complexity index is 515. The molecule has 0 aromatic carbocycles. The lowest BCUT2D eigenvalue weighted by atomic mass is 10.3. The zero-order valence-corrected chi connectivity index (χ0v) is 8.25. The van der Waals surface area contributed by atoms with Crippen LogP contribution in [0.1, 0.15) is 11.1 Å². The minimum atomic E-state index is 0.419. The van der Waals surface area contributed by atoms with Gasteiger partial charge in [0.2, 0.25) is 0 Å². The highest BCUT2D eigenvalue weighted by molar-refractivity contribution is 5.44. The van der Waals surface area contributed by atoms with Crippen LogP contribution in [-0.2, 0) is 0 Å². The van der Waals surface area contributed by atoms with Crippen molar-refractivity contribution >= 4 is 0 Å². The summed E-state index contributed by atoms with van der Waals surface area (Å²) in [5, 5.41) is 0. The molecule has 2 aromatic rings. The van der Waals surface area contributed by atoms with E-state index in [2.05, 4.69) is 31.8 Å². The van der Waals surface area contributed by atoms with Crippen LogP contribution in [0.15, 0.2) is 24.8 Å². The molecule has 0 N–H and O–H groups in total. The summed E-state index contributed by atoms with van der Waals surface area (Å²) < 4.78 is 0. The van der Waals surface area contributed by atoms with Crippen LogP contribution in [0, 0.1) is 24.7 Å². The number of hydrogen-bond acceptors (Lipinski definition) is 4. The first-order valence-corrected chi connectivity index (χ1v) is 4.41. The van der Waals surface area contributed by atoms with E-state index in [0.717, 1.165) is 0 Å². The van der Waals surface area contributed by atoms with Crippen LogP contribution >= 0.6 is 0 Å². The summed E-state index contributed by atoms with van der Waals surface area (Å²) in [5.74, 6) is 5.70. The van der Waals surface area contributed by atoms with Gasteiger partial charge in [-0.1, -0.05) is 11.8 Å². The summed E-state index contributed by atoms with van der Waals surface area (Å²) >= 11 is 0. The Kier molecular flexibility index (Phi) is 2.58. The molecule has 0 aliphatic rings. The Labute approximate surface area is 92.8 Å². The molecule has 2 rings (SSSR count). The average Bonchev–Trinajstić information content (AvgIpc) is 2.39. The van der Waals surface area contributed by atoms with Gasteiger partial charge in [0, 0.05) is 24.8 Å². The molecular formula is C12H6N4. The lowest BCUT2D eigenvalue weighted by molar-refractivity contribution is 1.07. The van der Waals surface area contributed by atoms with E-state index in [1.54, 1.807) is 24.8 Å². The SMILES string of the molecule is C#Cc1cnc(-c2ncc(C#C)cn2)nc1. The molecule has 0 fully saturated rings. The van der Waals surface area contributed by atoms with Gasteiger partial charge in [0.1, 0.15) is 0 Å². The maximum atomic E-state index is 5.19. The van der Waals surface area contributed by atoms with Crippen LogP contribution in [0.4, 0.5) is 0 Å². The molecule has 0 unspecified atom stereocenters. The molecule has 4 heteroatoms. The fourth-order valence-corrected chi connectivity index (χ4v) is 1.04. The third-order valence-corrected chi connectivity index (χ3v) is 1.84. The summed E-state index contributed by atoms with van der Waals surface area (Å²) in [6.45, 7) is 0. The molecule has 0 aliphatic heterocycles. The third-order valence-electron chi connectivity index (χ3n) is 1.84. The van der Waals surface area contributed by atoms with Gasteiger partial charge in [-0.05, 0) is 0 Å². The predicted octanol–water partition coefficient (Wildman–Crippen LogP) is 0.896. The number of terminal acetylenes is 2. The van der Waals surface area contributed by atoms with Gasteiger partial charge >= 0.3 is 0 Å². The molecule has 0 spiro atoms. The van der Waals surface area contributed by atoms with Crippen molar-refractivity contribution in [2.45, 2.75) is 0 Å². The van der Waals surface area contributed by atoms with E-state index < -0.39 is 0 Å². The van der Waals surface area contributed by atoms with Crippen molar-refractivity contribution in [1.29, 1.82) is 0 Å². The van der Waals surface area contributed by atoms with Crippen molar-refractivity contribution < 1.29 is 0 Å². The molecular weight excluding hydrogens is 200 g/mol. The quantitative estimate of drug-likeness (QED) is 0.650. The van der Waals surface area contributed by atoms with E-state index >= 15 is 0 Å². The average molecular weight is 206 g/mol.